The zero-order valence-electron chi connectivity index (χ0n) is 10.1. The number of carbonyl (C=O) groups excluding carboxylic acids is 1. The summed E-state index contributed by atoms with van der Waals surface area (Å²) in [6.07, 6.45) is 3.08. The van der Waals surface area contributed by atoms with Crippen molar-refractivity contribution in [3.63, 3.8) is 0 Å². The minimum absolute atomic E-state index is 0.193. The largest absolute Gasteiger partial charge is 0.379 e. The van der Waals surface area contributed by atoms with E-state index in [1.165, 1.54) is 0 Å². The number of carbonyl (C=O) groups is 1. The molecule has 5 heteroatoms. The van der Waals surface area contributed by atoms with Crippen LogP contribution in [0.2, 0.25) is 0 Å². The Kier molecular flexibility index (Phi) is 5.41. The summed E-state index contributed by atoms with van der Waals surface area (Å²) in [5.74, 6) is 0.974. The third-order valence-corrected chi connectivity index (χ3v) is 4.82. The van der Waals surface area contributed by atoms with Crippen LogP contribution in [0.1, 0.15) is 39.5 Å². The van der Waals surface area contributed by atoms with Gasteiger partial charge in [0.1, 0.15) is 0 Å². The average molecular weight is 247 g/mol. The summed E-state index contributed by atoms with van der Waals surface area (Å²) in [6.45, 7) is 4.49. The maximum atomic E-state index is 11.9. The van der Waals surface area contributed by atoms with Crippen molar-refractivity contribution in [1.29, 1.82) is 0 Å². The molecule has 0 aromatic heterocycles. The van der Waals surface area contributed by atoms with Crippen molar-refractivity contribution >= 4 is 15.6 Å². The van der Waals surface area contributed by atoms with Crippen molar-refractivity contribution in [1.82, 2.24) is 0 Å². The monoisotopic (exact) mass is 247 g/mol. The molecule has 0 aromatic carbocycles. The highest BCUT2D eigenvalue weighted by Crippen LogP contribution is 2.14. The molecule has 1 heterocycles. The molecular formula is C11H21NO3S. The predicted molar refractivity (Wildman–Crippen MR) is 64.9 cm³/mol. The summed E-state index contributed by atoms with van der Waals surface area (Å²) in [4.78, 5) is 11.4. The molecule has 1 fully saturated rings. The van der Waals surface area contributed by atoms with Crippen LogP contribution in [0.3, 0.4) is 0 Å². The van der Waals surface area contributed by atoms with Crippen LogP contribution in [0.4, 0.5) is 0 Å². The second kappa shape index (κ2) is 6.35. The van der Waals surface area contributed by atoms with Crippen molar-refractivity contribution in [2.75, 3.05) is 18.1 Å². The summed E-state index contributed by atoms with van der Waals surface area (Å²) in [7, 11) is -2.17. The fraction of sp³-hybridized carbons (Fsp3) is 0.909. The summed E-state index contributed by atoms with van der Waals surface area (Å²) < 4.78 is 21.1. The topological polar surface area (TPSA) is 55.7 Å². The first-order chi connectivity index (χ1) is 7.52. The molecule has 0 aliphatic carbocycles. The number of rotatable bonds is 5. The Labute approximate surface area is 97.9 Å². The normalized spacial score (nSPS) is 18.9. The Morgan fingerprint density at radius 2 is 2.00 bits per heavy atom. The predicted octanol–water partition coefficient (Wildman–Crippen LogP) is 1.98. The third kappa shape index (κ3) is 5.07. The molecule has 1 amide bonds. The average Bonchev–Trinajstić information content (AvgIpc) is 2.59. The van der Waals surface area contributed by atoms with Gasteiger partial charge in [-0.05, 0) is 33.1 Å². The minimum atomic E-state index is -2.17. The Balaban J connectivity index is 2.28. The van der Waals surface area contributed by atoms with Gasteiger partial charge in [0.15, 0.2) is 0 Å². The van der Waals surface area contributed by atoms with Gasteiger partial charge in [-0.2, -0.15) is 4.36 Å². The van der Waals surface area contributed by atoms with E-state index in [9.17, 15) is 9.00 Å². The smallest absolute Gasteiger partial charge is 0.253 e. The molecule has 1 rings (SSSR count). The van der Waals surface area contributed by atoms with E-state index < -0.39 is 9.73 Å². The summed E-state index contributed by atoms with van der Waals surface area (Å²) in [5, 5.41) is 0. The molecule has 0 radical (unpaired) electrons. The van der Waals surface area contributed by atoms with Crippen LogP contribution in [-0.2, 0) is 19.3 Å². The van der Waals surface area contributed by atoms with E-state index in [4.69, 9.17) is 4.74 Å². The minimum Gasteiger partial charge on any atom is -0.379 e. The van der Waals surface area contributed by atoms with E-state index in [2.05, 4.69) is 4.36 Å². The van der Waals surface area contributed by atoms with E-state index in [1.807, 2.05) is 13.8 Å². The Hall–Kier alpha value is -0.420. The van der Waals surface area contributed by atoms with Gasteiger partial charge >= 0.3 is 0 Å². The molecule has 16 heavy (non-hydrogen) atoms. The third-order valence-electron chi connectivity index (χ3n) is 2.43. The first kappa shape index (κ1) is 13.6. The standard InChI is InChI=1S/C11H21NO3S/c1-10(2)15-7-5-6-11(13)12-16(14)8-3-4-9-16/h10H,3-9H2,1-2H3. The van der Waals surface area contributed by atoms with E-state index in [1.54, 1.807) is 0 Å². The van der Waals surface area contributed by atoms with Gasteiger partial charge in [-0.1, -0.05) is 0 Å². The zero-order valence-corrected chi connectivity index (χ0v) is 10.9. The van der Waals surface area contributed by atoms with Gasteiger partial charge < -0.3 is 4.74 Å². The van der Waals surface area contributed by atoms with Crippen molar-refractivity contribution in [2.24, 2.45) is 4.36 Å². The fourth-order valence-electron chi connectivity index (χ4n) is 1.62. The van der Waals surface area contributed by atoms with Gasteiger partial charge in [-0.15, -0.1) is 0 Å². The molecule has 1 aliphatic heterocycles. The Morgan fingerprint density at radius 1 is 1.38 bits per heavy atom. The maximum absolute atomic E-state index is 11.9. The lowest BCUT2D eigenvalue weighted by Crippen LogP contribution is -2.08. The second-order valence-corrected chi connectivity index (χ2v) is 6.94. The highest BCUT2D eigenvalue weighted by molar-refractivity contribution is 7.94. The molecule has 0 spiro atoms. The van der Waals surface area contributed by atoms with Gasteiger partial charge in [0.25, 0.3) is 5.91 Å². The number of nitrogens with zero attached hydrogens (tertiary/aromatic N) is 1. The van der Waals surface area contributed by atoms with Gasteiger partial charge in [-0.25, -0.2) is 4.21 Å². The molecule has 1 saturated heterocycles. The van der Waals surface area contributed by atoms with E-state index in [0.717, 1.165) is 12.8 Å². The van der Waals surface area contributed by atoms with Crippen LogP contribution < -0.4 is 0 Å². The summed E-state index contributed by atoms with van der Waals surface area (Å²) >= 11 is 0. The molecular weight excluding hydrogens is 226 g/mol. The SMILES string of the molecule is CC(C)OCCCC(=O)N=S1(=O)CCCC1. The molecule has 0 bridgehead atoms. The lowest BCUT2D eigenvalue weighted by Gasteiger charge is -2.05. The van der Waals surface area contributed by atoms with Gasteiger partial charge in [0, 0.05) is 24.5 Å². The highest BCUT2D eigenvalue weighted by Gasteiger charge is 2.17. The first-order valence-electron chi connectivity index (χ1n) is 5.89. The van der Waals surface area contributed by atoms with E-state index >= 15 is 0 Å². The van der Waals surface area contributed by atoms with Gasteiger partial charge in [0.05, 0.1) is 15.8 Å². The van der Waals surface area contributed by atoms with Crippen molar-refractivity contribution in [3.8, 4) is 0 Å². The van der Waals surface area contributed by atoms with Crippen molar-refractivity contribution < 1.29 is 13.7 Å². The van der Waals surface area contributed by atoms with Gasteiger partial charge in [0.2, 0.25) is 0 Å². The molecule has 0 saturated carbocycles. The van der Waals surface area contributed by atoms with Crippen LogP contribution in [0.5, 0.6) is 0 Å². The lowest BCUT2D eigenvalue weighted by atomic mass is 10.3. The number of amides is 1. The molecule has 0 aromatic rings. The lowest BCUT2D eigenvalue weighted by molar-refractivity contribution is -0.118. The molecule has 0 N–H and O–H groups in total. The van der Waals surface area contributed by atoms with Gasteiger partial charge in [-0.3, -0.25) is 4.79 Å². The van der Waals surface area contributed by atoms with Crippen LogP contribution >= 0.6 is 0 Å². The van der Waals surface area contributed by atoms with E-state index in [0.29, 0.717) is 31.0 Å². The van der Waals surface area contributed by atoms with Crippen LogP contribution in [0, 0.1) is 0 Å². The number of ether oxygens (including phenoxy) is 1. The maximum Gasteiger partial charge on any atom is 0.253 e. The van der Waals surface area contributed by atoms with Crippen LogP contribution in [0.25, 0.3) is 0 Å². The van der Waals surface area contributed by atoms with Crippen LogP contribution in [0.15, 0.2) is 4.36 Å². The summed E-state index contributed by atoms with van der Waals surface area (Å²) in [6, 6.07) is 0. The first-order valence-corrected chi connectivity index (χ1v) is 7.74. The quantitative estimate of drug-likeness (QED) is 0.698. The van der Waals surface area contributed by atoms with Crippen molar-refractivity contribution in [2.45, 2.75) is 45.6 Å². The number of hydrogen-bond acceptors (Lipinski definition) is 3. The second-order valence-electron chi connectivity index (χ2n) is 4.40. The zero-order chi connectivity index (χ0) is 12.0. The highest BCUT2D eigenvalue weighted by atomic mass is 32.2. The number of hydrogen-bond donors (Lipinski definition) is 0. The van der Waals surface area contributed by atoms with Crippen LogP contribution in [-0.4, -0.2) is 34.3 Å². The molecule has 1 aliphatic rings. The fourth-order valence-corrected chi connectivity index (χ4v) is 3.78. The molecule has 0 unspecified atom stereocenters. The Morgan fingerprint density at radius 3 is 2.56 bits per heavy atom. The molecule has 4 nitrogen and oxygen atoms in total. The summed E-state index contributed by atoms with van der Waals surface area (Å²) in [5.41, 5.74) is 0. The van der Waals surface area contributed by atoms with E-state index in [-0.39, 0.29) is 12.0 Å². The Bertz CT molecular complexity index is 331. The molecule has 94 valence electrons. The van der Waals surface area contributed by atoms with Crippen molar-refractivity contribution in [3.05, 3.63) is 0 Å². The molecule has 0 atom stereocenters.